The number of hydrogen-bond acceptors (Lipinski definition) is 2. The predicted molar refractivity (Wildman–Crippen MR) is 94.2 cm³/mol. The highest BCUT2D eigenvalue weighted by molar-refractivity contribution is 7.93. The Morgan fingerprint density at radius 2 is 1.70 bits per heavy atom. The van der Waals surface area contributed by atoms with Crippen molar-refractivity contribution in [3.63, 3.8) is 0 Å². The van der Waals surface area contributed by atoms with Crippen LogP contribution in [0.5, 0.6) is 0 Å². The second-order valence-corrected chi connectivity index (χ2v) is 8.63. The van der Waals surface area contributed by atoms with E-state index in [0.29, 0.717) is 17.7 Å². The van der Waals surface area contributed by atoms with Crippen molar-refractivity contribution in [2.75, 3.05) is 0 Å². The number of hydrogen-bond donors (Lipinski definition) is 0. The molecule has 0 heterocycles. The molecule has 0 spiro atoms. The molecule has 0 bridgehead atoms. The van der Waals surface area contributed by atoms with Gasteiger partial charge in [-0.1, -0.05) is 60.2 Å². The third-order valence-corrected chi connectivity index (χ3v) is 7.05. The first-order chi connectivity index (χ1) is 11.0. The highest BCUT2D eigenvalue weighted by atomic mass is 32.2. The van der Waals surface area contributed by atoms with Gasteiger partial charge in [0.15, 0.2) is 9.84 Å². The average molecular weight is 326 g/mol. The average Bonchev–Trinajstić information content (AvgIpc) is 2.57. The van der Waals surface area contributed by atoms with Crippen LogP contribution < -0.4 is 0 Å². The van der Waals surface area contributed by atoms with Gasteiger partial charge >= 0.3 is 0 Å². The van der Waals surface area contributed by atoms with Crippen molar-refractivity contribution in [3.05, 3.63) is 77.9 Å². The van der Waals surface area contributed by atoms with Crippen LogP contribution in [0.1, 0.15) is 30.4 Å². The van der Waals surface area contributed by atoms with Gasteiger partial charge in [-0.25, -0.2) is 8.42 Å². The van der Waals surface area contributed by atoms with E-state index in [4.69, 9.17) is 0 Å². The summed E-state index contributed by atoms with van der Waals surface area (Å²) in [5.41, 5.74) is 2.13. The lowest BCUT2D eigenvalue weighted by Crippen LogP contribution is -2.40. The minimum Gasteiger partial charge on any atom is -0.223 e. The minimum absolute atomic E-state index is 0.422. The van der Waals surface area contributed by atoms with Crippen molar-refractivity contribution in [1.82, 2.24) is 0 Å². The topological polar surface area (TPSA) is 34.1 Å². The summed E-state index contributed by atoms with van der Waals surface area (Å²) in [7, 11) is -3.43. The normalized spacial score (nSPS) is 21.3. The van der Waals surface area contributed by atoms with Gasteiger partial charge in [-0.2, -0.15) is 0 Å². The summed E-state index contributed by atoms with van der Waals surface area (Å²) in [6.07, 6.45) is 7.03. The van der Waals surface area contributed by atoms with Gasteiger partial charge in [-0.3, -0.25) is 0 Å². The number of allylic oxidation sites excluding steroid dienone is 1. The summed E-state index contributed by atoms with van der Waals surface area (Å²) in [6.45, 7) is 1.97. The molecule has 0 saturated carbocycles. The Labute approximate surface area is 138 Å². The third-order valence-electron chi connectivity index (χ3n) is 4.60. The van der Waals surface area contributed by atoms with Gasteiger partial charge in [-0.15, -0.1) is 0 Å². The molecular formula is C20H22O2S. The Bertz CT molecular complexity index is 789. The van der Waals surface area contributed by atoms with Gasteiger partial charge < -0.3 is 0 Å². The van der Waals surface area contributed by atoms with E-state index in [9.17, 15) is 8.42 Å². The minimum atomic E-state index is -3.43. The molecule has 3 rings (SSSR count). The zero-order chi connectivity index (χ0) is 16.3. The summed E-state index contributed by atoms with van der Waals surface area (Å²) in [4.78, 5) is 0.422. The summed E-state index contributed by atoms with van der Waals surface area (Å²) in [6, 6.07) is 17.1. The number of aryl methyl sites for hydroxylation is 1. The van der Waals surface area contributed by atoms with Crippen LogP contribution in [-0.4, -0.2) is 13.2 Å². The van der Waals surface area contributed by atoms with Crippen LogP contribution in [0.3, 0.4) is 0 Å². The third kappa shape index (κ3) is 3.11. The molecule has 23 heavy (non-hydrogen) atoms. The van der Waals surface area contributed by atoms with Crippen LogP contribution in [0.25, 0.3) is 0 Å². The molecule has 2 nitrogen and oxygen atoms in total. The van der Waals surface area contributed by atoms with Gasteiger partial charge in [-0.05, 0) is 50.3 Å². The molecular weight excluding hydrogens is 304 g/mol. The lowest BCUT2D eigenvalue weighted by Gasteiger charge is -2.33. The van der Waals surface area contributed by atoms with E-state index >= 15 is 0 Å². The van der Waals surface area contributed by atoms with Crippen LogP contribution in [-0.2, 0) is 16.3 Å². The molecule has 1 aliphatic carbocycles. The molecule has 0 aromatic heterocycles. The largest absolute Gasteiger partial charge is 0.223 e. The monoisotopic (exact) mass is 326 g/mol. The fraction of sp³-hybridized carbons (Fsp3) is 0.300. The summed E-state index contributed by atoms with van der Waals surface area (Å²) in [5, 5.41) is 0. The van der Waals surface area contributed by atoms with Gasteiger partial charge in [0.2, 0.25) is 0 Å². The number of rotatable bonds is 4. The van der Waals surface area contributed by atoms with E-state index < -0.39 is 14.6 Å². The van der Waals surface area contributed by atoms with Crippen molar-refractivity contribution < 1.29 is 8.42 Å². The highest BCUT2D eigenvalue weighted by Gasteiger charge is 2.43. The van der Waals surface area contributed by atoms with E-state index in [1.807, 2.05) is 61.5 Å². The molecule has 2 aromatic rings. The van der Waals surface area contributed by atoms with Crippen molar-refractivity contribution in [3.8, 4) is 0 Å². The highest BCUT2D eigenvalue weighted by Crippen LogP contribution is 2.38. The molecule has 120 valence electrons. The molecule has 1 aliphatic rings. The lowest BCUT2D eigenvalue weighted by molar-refractivity contribution is 0.508. The zero-order valence-electron chi connectivity index (χ0n) is 13.4. The molecule has 2 aromatic carbocycles. The fourth-order valence-corrected chi connectivity index (χ4v) is 5.27. The summed E-state index contributed by atoms with van der Waals surface area (Å²) < 4.78 is 25.9. The molecule has 0 fully saturated rings. The maximum atomic E-state index is 13.4. The molecule has 0 aliphatic heterocycles. The van der Waals surface area contributed by atoms with Crippen LogP contribution in [0.15, 0.2) is 71.6 Å². The Hall–Kier alpha value is -1.87. The number of benzene rings is 2. The van der Waals surface area contributed by atoms with Gasteiger partial charge in [0.1, 0.15) is 0 Å². The van der Waals surface area contributed by atoms with Crippen LogP contribution >= 0.6 is 0 Å². The maximum absolute atomic E-state index is 13.4. The van der Waals surface area contributed by atoms with Gasteiger partial charge in [0.25, 0.3) is 0 Å². The fourth-order valence-electron chi connectivity index (χ4n) is 3.26. The van der Waals surface area contributed by atoms with E-state index in [-0.39, 0.29) is 0 Å². The van der Waals surface area contributed by atoms with Crippen molar-refractivity contribution >= 4 is 9.84 Å². The number of sulfone groups is 1. The molecule has 0 N–H and O–H groups in total. The van der Waals surface area contributed by atoms with E-state index in [0.717, 1.165) is 24.0 Å². The Morgan fingerprint density at radius 3 is 2.30 bits per heavy atom. The summed E-state index contributed by atoms with van der Waals surface area (Å²) in [5.74, 6) is 0. The first kappa shape index (κ1) is 16.0. The van der Waals surface area contributed by atoms with Crippen molar-refractivity contribution in [2.24, 2.45) is 0 Å². The SMILES string of the molecule is Cc1ccc(S(=O)(=O)[C@@]2(Cc3ccccc3)C=CCCC2)cc1. The van der Waals surface area contributed by atoms with Crippen LogP contribution in [0, 0.1) is 6.92 Å². The Balaban J connectivity index is 2.06. The van der Waals surface area contributed by atoms with Gasteiger partial charge in [0, 0.05) is 0 Å². The smallest absolute Gasteiger partial charge is 0.187 e. The molecule has 0 unspecified atom stereocenters. The zero-order valence-corrected chi connectivity index (χ0v) is 14.2. The standard InChI is InChI=1S/C20H22O2S/c1-17-10-12-19(13-11-17)23(21,22)20(14-6-3-7-15-20)16-18-8-4-2-5-9-18/h2,4-6,8-14H,3,7,15-16H2,1H3/t20-/m0/s1. The molecule has 3 heteroatoms. The van der Waals surface area contributed by atoms with Gasteiger partial charge in [0.05, 0.1) is 9.64 Å². The van der Waals surface area contributed by atoms with E-state index in [1.54, 1.807) is 12.1 Å². The van der Waals surface area contributed by atoms with E-state index in [1.165, 1.54) is 0 Å². The van der Waals surface area contributed by atoms with E-state index in [2.05, 4.69) is 0 Å². The summed E-state index contributed by atoms with van der Waals surface area (Å²) >= 11 is 0. The maximum Gasteiger partial charge on any atom is 0.187 e. The van der Waals surface area contributed by atoms with Crippen molar-refractivity contribution in [2.45, 2.75) is 42.2 Å². The molecule has 0 radical (unpaired) electrons. The second-order valence-electron chi connectivity index (χ2n) is 6.34. The molecule has 0 amide bonds. The van der Waals surface area contributed by atoms with Crippen LogP contribution in [0.4, 0.5) is 0 Å². The Kier molecular flexibility index (Phi) is 4.40. The quantitative estimate of drug-likeness (QED) is 0.776. The first-order valence-electron chi connectivity index (χ1n) is 8.06. The lowest BCUT2D eigenvalue weighted by atomic mass is 9.89. The first-order valence-corrected chi connectivity index (χ1v) is 9.55. The van der Waals surface area contributed by atoms with Crippen LogP contribution in [0.2, 0.25) is 0 Å². The van der Waals surface area contributed by atoms with Crippen molar-refractivity contribution in [1.29, 1.82) is 0 Å². The Morgan fingerprint density at radius 1 is 1.00 bits per heavy atom. The molecule has 0 saturated heterocycles. The molecule has 1 atom stereocenters. The second kappa shape index (κ2) is 6.32. The predicted octanol–water partition coefficient (Wildman–Crippen LogP) is 4.49.